The highest BCUT2D eigenvalue weighted by Crippen LogP contribution is 2.39. The predicted octanol–water partition coefficient (Wildman–Crippen LogP) is 4.87. The van der Waals surface area contributed by atoms with E-state index in [4.69, 9.17) is 0 Å². The number of aromatic amines is 1. The summed E-state index contributed by atoms with van der Waals surface area (Å²) in [6.07, 6.45) is 7.94. The van der Waals surface area contributed by atoms with E-state index in [1.807, 2.05) is 25.1 Å². The highest BCUT2D eigenvalue weighted by Gasteiger charge is 2.25. The van der Waals surface area contributed by atoms with Crippen molar-refractivity contribution < 1.29 is 17.6 Å². The summed E-state index contributed by atoms with van der Waals surface area (Å²) in [7, 11) is -2.55. The molecule has 0 aliphatic heterocycles. The van der Waals surface area contributed by atoms with Crippen LogP contribution in [0.4, 0.5) is 10.1 Å². The van der Waals surface area contributed by atoms with E-state index >= 15 is 4.39 Å². The second kappa shape index (κ2) is 9.44. The molecule has 0 bridgehead atoms. The fraction of sp³-hybridized carbons (Fsp3) is 0.269. The third-order valence-corrected chi connectivity index (χ3v) is 7.80. The summed E-state index contributed by atoms with van der Waals surface area (Å²) in [5, 5.41) is 0.539. The number of pyridine rings is 2. The highest BCUT2D eigenvalue weighted by molar-refractivity contribution is 7.90. The van der Waals surface area contributed by atoms with Gasteiger partial charge in [0.2, 0.25) is 0 Å². The number of ketones is 1. The van der Waals surface area contributed by atoms with Crippen molar-refractivity contribution in [1.82, 2.24) is 19.3 Å². The quantitative estimate of drug-likeness (QED) is 0.314. The van der Waals surface area contributed by atoms with Gasteiger partial charge >= 0.3 is 10.2 Å². The van der Waals surface area contributed by atoms with Crippen molar-refractivity contribution in [2.24, 2.45) is 0 Å². The molecule has 1 aliphatic carbocycles. The summed E-state index contributed by atoms with van der Waals surface area (Å²) in [5.41, 5.74) is 2.93. The van der Waals surface area contributed by atoms with Gasteiger partial charge in [-0.25, -0.2) is 9.37 Å². The topological polar surface area (TPSA) is 108 Å². The van der Waals surface area contributed by atoms with Gasteiger partial charge in [0.25, 0.3) is 0 Å². The minimum atomic E-state index is -3.96. The Morgan fingerprint density at radius 1 is 1.14 bits per heavy atom. The first-order valence-corrected chi connectivity index (χ1v) is 13.2. The molecule has 0 radical (unpaired) electrons. The molecule has 2 N–H and O–H groups in total. The van der Waals surface area contributed by atoms with Gasteiger partial charge in [0, 0.05) is 65.9 Å². The standard InChI is InChI=1S/C26H26FN5O3S/c1-3-11-32(2)36(34,35)31-23-6-4-5-19(24(23)27)25(33)21-15-30-26-20(21)12-18(14-29-26)17-9-10-22(28-13-17)16-7-8-16/h4-6,9-10,12-16,31H,3,7-8,11H2,1-2H3,(H,29,30). The number of rotatable bonds is 9. The lowest BCUT2D eigenvalue weighted by Crippen LogP contribution is -2.33. The van der Waals surface area contributed by atoms with E-state index in [1.165, 1.54) is 44.3 Å². The molecular weight excluding hydrogens is 481 g/mol. The number of nitrogens with one attached hydrogen (secondary N) is 2. The predicted molar refractivity (Wildman–Crippen MR) is 137 cm³/mol. The lowest BCUT2D eigenvalue weighted by atomic mass is 10.0. The molecule has 186 valence electrons. The second-order valence-electron chi connectivity index (χ2n) is 8.99. The van der Waals surface area contributed by atoms with Crippen LogP contribution < -0.4 is 4.72 Å². The highest BCUT2D eigenvalue weighted by atomic mass is 32.2. The number of anilines is 1. The molecule has 0 amide bonds. The number of hydrogen-bond donors (Lipinski definition) is 2. The minimum Gasteiger partial charge on any atom is -0.345 e. The van der Waals surface area contributed by atoms with Crippen LogP contribution in [0.15, 0.2) is 55.0 Å². The molecule has 0 atom stereocenters. The molecule has 5 rings (SSSR count). The third kappa shape index (κ3) is 4.61. The van der Waals surface area contributed by atoms with E-state index in [-0.39, 0.29) is 23.4 Å². The van der Waals surface area contributed by atoms with Crippen LogP contribution in [0, 0.1) is 5.82 Å². The number of nitrogens with zero attached hydrogens (tertiary/aromatic N) is 3. The zero-order chi connectivity index (χ0) is 25.4. The van der Waals surface area contributed by atoms with Crippen LogP contribution >= 0.6 is 0 Å². The molecular formula is C26H26FN5O3S. The Kier molecular flexibility index (Phi) is 6.31. The van der Waals surface area contributed by atoms with Crippen molar-refractivity contribution in [2.75, 3.05) is 18.3 Å². The van der Waals surface area contributed by atoms with Crippen LogP contribution in [0.5, 0.6) is 0 Å². The summed E-state index contributed by atoms with van der Waals surface area (Å²) in [4.78, 5) is 25.3. The van der Waals surface area contributed by atoms with Crippen molar-refractivity contribution in [3.8, 4) is 11.1 Å². The zero-order valence-electron chi connectivity index (χ0n) is 20.0. The van der Waals surface area contributed by atoms with Crippen molar-refractivity contribution in [2.45, 2.75) is 32.1 Å². The van der Waals surface area contributed by atoms with Gasteiger partial charge in [0.1, 0.15) is 5.65 Å². The van der Waals surface area contributed by atoms with Gasteiger partial charge in [0.05, 0.1) is 11.3 Å². The number of benzene rings is 1. The van der Waals surface area contributed by atoms with Gasteiger partial charge < -0.3 is 4.98 Å². The summed E-state index contributed by atoms with van der Waals surface area (Å²) in [5.74, 6) is -0.965. The molecule has 4 aromatic rings. The molecule has 3 heterocycles. The lowest BCUT2D eigenvalue weighted by Gasteiger charge is -2.18. The van der Waals surface area contributed by atoms with E-state index in [0.717, 1.165) is 21.1 Å². The second-order valence-corrected chi connectivity index (χ2v) is 10.8. The molecule has 0 unspecified atom stereocenters. The molecule has 1 saturated carbocycles. The zero-order valence-corrected chi connectivity index (χ0v) is 20.8. The first-order valence-electron chi connectivity index (χ1n) is 11.8. The molecule has 10 heteroatoms. The normalized spacial score (nSPS) is 13.9. The molecule has 8 nitrogen and oxygen atoms in total. The first-order chi connectivity index (χ1) is 17.3. The van der Waals surface area contributed by atoms with Crippen LogP contribution in [-0.2, 0) is 10.2 Å². The smallest absolute Gasteiger partial charge is 0.301 e. The van der Waals surface area contributed by atoms with Gasteiger partial charge in [-0.05, 0) is 43.5 Å². The van der Waals surface area contributed by atoms with Crippen LogP contribution in [0.3, 0.4) is 0 Å². The van der Waals surface area contributed by atoms with Crippen LogP contribution in [0.1, 0.15) is 53.7 Å². The third-order valence-electron chi connectivity index (χ3n) is 6.32. The lowest BCUT2D eigenvalue weighted by molar-refractivity contribution is 0.103. The van der Waals surface area contributed by atoms with Gasteiger partial charge in [-0.15, -0.1) is 0 Å². The monoisotopic (exact) mass is 507 g/mol. The molecule has 1 fully saturated rings. The Bertz CT molecular complexity index is 1550. The number of aromatic nitrogens is 3. The number of fused-ring (bicyclic) bond motifs is 1. The fourth-order valence-electron chi connectivity index (χ4n) is 4.13. The molecule has 1 aromatic carbocycles. The maximum absolute atomic E-state index is 15.3. The van der Waals surface area contributed by atoms with Crippen molar-refractivity contribution in [1.29, 1.82) is 0 Å². The van der Waals surface area contributed by atoms with Gasteiger partial charge in [-0.3, -0.25) is 14.5 Å². The minimum absolute atomic E-state index is 0.240. The van der Waals surface area contributed by atoms with Crippen molar-refractivity contribution >= 4 is 32.7 Å². The Hall–Kier alpha value is -3.63. The molecule has 1 aliphatic rings. The average Bonchev–Trinajstić information content (AvgIpc) is 3.64. The summed E-state index contributed by atoms with van der Waals surface area (Å²) in [6, 6.07) is 9.89. The number of halogens is 1. The van der Waals surface area contributed by atoms with Crippen LogP contribution in [-0.4, -0.2) is 47.1 Å². The van der Waals surface area contributed by atoms with Crippen LogP contribution in [0.25, 0.3) is 22.2 Å². The first kappa shape index (κ1) is 24.1. The summed E-state index contributed by atoms with van der Waals surface area (Å²) >= 11 is 0. The van der Waals surface area contributed by atoms with E-state index in [0.29, 0.717) is 23.4 Å². The van der Waals surface area contributed by atoms with E-state index < -0.39 is 21.8 Å². The largest absolute Gasteiger partial charge is 0.345 e. The number of H-pyrrole nitrogens is 1. The van der Waals surface area contributed by atoms with Crippen molar-refractivity contribution in [3.63, 3.8) is 0 Å². The van der Waals surface area contributed by atoms with E-state index in [9.17, 15) is 13.2 Å². The average molecular weight is 508 g/mol. The molecule has 3 aromatic heterocycles. The fourth-order valence-corrected chi connectivity index (χ4v) is 5.14. The molecule has 36 heavy (non-hydrogen) atoms. The van der Waals surface area contributed by atoms with Crippen molar-refractivity contribution in [3.05, 3.63) is 77.6 Å². The summed E-state index contributed by atoms with van der Waals surface area (Å²) < 4.78 is 43.7. The number of carbonyl (C=O) groups is 1. The SMILES string of the molecule is CCCN(C)S(=O)(=O)Nc1cccc(C(=O)c2c[nH]c3ncc(-c4ccc(C5CC5)nc4)cc23)c1F. The van der Waals surface area contributed by atoms with Gasteiger partial charge in [0.15, 0.2) is 11.6 Å². The van der Waals surface area contributed by atoms with Crippen LogP contribution in [0.2, 0.25) is 0 Å². The maximum Gasteiger partial charge on any atom is 0.301 e. The molecule has 0 spiro atoms. The molecule has 0 saturated heterocycles. The van der Waals surface area contributed by atoms with E-state index in [1.54, 1.807) is 12.4 Å². The Morgan fingerprint density at radius 3 is 2.61 bits per heavy atom. The number of hydrogen-bond acceptors (Lipinski definition) is 5. The Balaban J connectivity index is 1.47. The van der Waals surface area contributed by atoms with Gasteiger partial charge in [-0.1, -0.05) is 19.1 Å². The van der Waals surface area contributed by atoms with E-state index in [2.05, 4.69) is 19.7 Å². The Labute approximate surface area is 208 Å². The van der Waals surface area contributed by atoms with Gasteiger partial charge in [-0.2, -0.15) is 12.7 Å². The maximum atomic E-state index is 15.3. The summed E-state index contributed by atoms with van der Waals surface area (Å²) in [6.45, 7) is 2.12. The Morgan fingerprint density at radius 2 is 1.92 bits per heavy atom. The number of carbonyl (C=O) groups excluding carboxylic acids is 1.